The number of piperazine rings is 1. The van der Waals surface area contributed by atoms with Gasteiger partial charge in [-0.1, -0.05) is 25.7 Å². The molecule has 2 fully saturated rings. The minimum Gasteiger partial charge on any atom is -0.343 e. The van der Waals surface area contributed by atoms with E-state index in [4.69, 9.17) is 0 Å². The minimum atomic E-state index is -0.710. The lowest BCUT2D eigenvalue weighted by molar-refractivity contribution is -0.158. The molecule has 4 heteroatoms. The fourth-order valence-electron chi connectivity index (χ4n) is 3.18. The second-order valence-electron chi connectivity index (χ2n) is 6.11. The molecule has 1 heterocycles. The quantitative estimate of drug-likeness (QED) is 0.724. The Balaban J connectivity index is 2.25. The maximum Gasteiger partial charge on any atom is 0.246 e. The molecule has 1 unspecified atom stereocenters. The number of nitrogens with zero attached hydrogens (tertiary/aromatic N) is 1. The van der Waals surface area contributed by atoms with Crippen LogP contribution in [0.4, 0.5) is 0 Å². The Kier molecular flexibility index (Phi) is 3.64. The van der Waals surface area contributed by atoms with Crippen molar-refractivity contribution in [3.8, 4) is 0 Å². The van der Waals surface area contributed by atoms with E-state index in [-0.39, 0.29) is 23.9 Å². The van der Waals surface area contributed by atoms with Gasteiger partial charge in [0.25, 0.3) is 0 Å². The number of nitrogens with one attached hydrogen (secondary N) is 1. The van der Waals surface area contributed by atoms with Crippen LogP contribution in [0.5, 0.6) is 0 Å². The van der Waals surface area contributed by atoms with Gasteiger partial charge in [-0.25, -0.2) is 0 Å². The van der Waals surface area contributed by atoms with Crippen LogP contribution in [0.15, 0.2) is 0 Å². The largest absolute Gasteiger partial charge is 0.343 e. The molecule has 2 rings (SSSR count). The smallest absolute Gasteiger partial charge is 0.246 e. The average molecular weight is 252 g/mol. The number of amides is 2. The van der Waals surface area contributed by atoms with Crippen LogP contribution in [-0.2, 0) is 9.59 Å². The van der Waals surface area contributed by atoms with Gasteiger partial charge in [-0.15, -0.1) is 0 Å². The fourth-order valence-corrected chi connectivity index (χ4v) is 3.18. The van der Waals surface area contributed by atoms with Crippen molar-refractivity contribution in [3.63, 3.8) is 0 Å². The van der Waals surface area contributed by atoms with Gasteiger partial charge >= 0.3 is 0 Å². The van der Waals surface area contributed by atoms with Crippen LogP contribution in [-0.4, -0.2) is 34.3 Å². The molecule has 0 aromatic heterocycles. The number of hydrogen-bond donors (Lipinski definition) is 1. The standard InChI is InChI=1S/C14H24N2O2/c1-10-12(17)16(14(2,3)13(18)15-10)11-8-6-4-5-7-9-11/h10-11H,4-9H2,1-3H3,(H,15,18). The first-order valence-corrected chi connectivity index (χ1v) is 7.08. The molecule has 1 N–H and O–H groups in total. The van der Waals surface area contributed by atoms with Gasteiger partial charge < -0.3 is 10.2 Å². The van der Waals surface area contributed by atoms with E-state index in [2.05, 4.69) is 5.32 Å². The fraction of sp³-hybridized carbons (Fsp3) is 0.857. The molecule has 0 aromatic carbocycles. The second-order valence-corrected chi connectivity index (χ2v) is 6.11. The molecule has 1 aliphatic heterocycles. The summed E-state index contributed by atoms with van der Waals surface area (Å²) >= 11 is 0. The highest BCUT2D eigenvalue weighted by Gasteiger charge is 2.47. The molecule has 18 heavy (non-hydrogen) atoms. The maximum atomic E-state index is 12.4. The van der Waals surface area contributed by atoms with E-state index in [0.717, 1.165) is 12.8 Å². The Labute approximate surface area is 109 Å². The highest BCUT2D eigenvalue weighted by Crippen LogP contribution is 2.30. The van der Waals surface area contributed by atoms with E-state index in [0.29, 0.717) is 0 Å². The molecule has 2 aliphatic rings. The monoisotopic (exact) mass is 252 g/mol. The van der Waals surface area contributed by atoms with Crippen molar-refractivity contribution in [2.45, 2.75) is 76.9 Å². The SMILES string of the molecule is CC1NC(=O)C(C)(C)N(C2CCCCCC2)C1=O. The van der Waals surface area contributed by atoms with Gasteiger partial charge in [-0.05, 0) is 33.6 Å². The van der Waals surface area contributed by atoms with Crippen LogP contribution in [0.3, 0.4) is 0 Å². The van der Waals surface area contributed by atoms with Crippen molar-refractivity contribution in [1.29, 1.82) is 0 Å². The molecule has 1 atom stereocenters. The molecular formula is C14H24N2O2. The predicted molar refractivity (Wildman–Crippen MR) is 70.0 cm³/mol. The third-order valence-electron chi connectivity index (χ3n) is 4.30. The van der Waals surface area contributed by atoms with Crippen molar-refractivity contribution < 1.29 is 9.59 Å². The summed E-state index contributed by atoms with van der Waals surface area (Å²) in [6, 6.07) is -0.141. The summed E-state index contributed by atoms with van der Waals surface area (Å²) < 4.78 is 0. The Morgan fingerprint density at radius 3 is 2.22 bits per heavy atom. The summed E-state index contributed by atoms with van der Waals surface area (Å²) in [5, 5.41) is 2.77. The zero-order chi connectivity index (χ0) is 13.3. The van der Waals surface area contributed by atoms with Gasteiger partial charge in [-0.2, -0.15) is 0 Å². The van der Waals surface area contributed by atoms with E-state index < -0.39 is 5.54 Å². The first kappa shape index (κ1) is 13.4. The van der Waals surface area contributed by atoms with Crippen molar-refractivity contribution in [2.24, 2.45) is 0 Å². The summed E-state index contributed by atoms with van der Waals surface area (Å²) in [7, 11) is 0. The van der Waals surface area contributed by atoms with Crippen LogP contribution in [0.2, 0.25) is 0 Å². The molecule has 1 aliphatic carbocycles. The maximum absolute atomic E-state index is 12.4. The van der Waals surface area contributed by atoms with E-state index in [1.165, 1.54) is 25.7 Å². The number of carbonyl (C=O) groups excluding carboxylic acids is 2. The Hall–Kier alpha value is -1.06. The lowest BCUT2D eigenvalue weighted by atomic mass is 9.91. The molecule has 2 amide bonds. The first-order chi connectivity index (χ1) is 8.44. The predicted octanol–water partition coefficient (Wildman–Crippen LogP) is 1.83. The van der Waals surface area contributed by atoms with Crippen molar-refractivity contribution in [3.05, 3.63) is 0 Å². The average Bonchev–Trinajstić information content (AvgIpc) is 2.56. The van der Waals surface area contributed by atoms with Gasteiger partial charge in [0.1, 0.15) is 11.6 Å². The molecule has 0 spiro atoms. The molecule has 0 aromatic rings. The number of rotatable bonds is 1. The summed E-state index contributed by atoms with van der Waals surface area (Å²) in [6.45, 7) is 5.49. The third kappa shape index (κ3) is 2.25. The van der Waals surface area contributed by atoms with Gasteiger partial charge in [0.15, 0.2) is 0 Å². The molecule has 102 valence electrons. The van der Waals surface area contributed by atoms with Crippen LogP contribution >= 0.6 is 0 Å². The lowest BCUT2D eigenvalue weighted by Gasteiger charge is -2.47. The van der Waals surface area contributed by atoms with Crippen LogP contribution in [0.1, 0.15) is 59.3 Å². The summed E-state index contributed by atoms with van der Waals surface area (Å²) in [4.78, 5) is 26.4. The normalized spacial score (nSPS) is 29.9. The van der Waals surface area contributed by atoms with Crippen molar-refractivity contribution >= 4 is 11.8 Å². The summed E-state index contributed by atoms with van der Waals surface area (Å²) in [6.07, 6.45) is 6.91. The lowest BCUT2D eigenvalue weighted by Crippen LogP contribution is -2.69. The molecule has 0 bridgehead atoms. The van der Waals surface area contributed by atoms with E-state index in [1.54, 1.807) is 6.92 Å². The molecule has 4 nitrogen and oxygen atoms in total. The minimum absolute atomic E-state index is 0.0288. The van der Waals surface area contributed by atoms with Crippen LogP contribution in [0, 0.1) is 0 Å². The number of carbonyl (C=O) groups is 2. The third-order valence-corrected chi connectivity index (χ3v) is 4.30. The number of hydrogen-bond acceptors (Lipinski definition) is 2. The molecule has 0 radical (unpaired) electrons. The second kappa shape index (κ2) is 4.90. The summed E-state index contributed by atoms with van der Waals surface area (Å²) in [5.74, 6) is 0.0466. The van der Waals surface area contributed by atoms with E-state index in [1.807, 2.05) is 18.7 Å². The van der Waals surface area contributed by atoms with Crippen LogP contribution < -0.4 is 5.32 Å². The molecule has 1 saturated heterocycles. The van der Waals surface area contributed by atoms with Gasteiger partial charge in [0.2, 0.25) is 11.8 Å². The van der Waals surface area contributed by atoms with E-state index in [9.17, 15) is 9.59 Å². The first-order valence-electron chi connectivity index (χ1n) is 7.08. The Morgan fingerprint density at radius 1 is 1.11 bits per heavy atom. The van der Waals surface area contributed by atoms with Gasteiger partial charge in [0, 0.05) is 6.04 Å². The Bertz CT molecular complexity index is 344. The van der Waals surface area contributed by atoms with Gasteiger partial charge in [0.05, 0.1) is 0 Å². The van der Waals surface area contributed by atoms with Crippen molar-refractivity contribution in [2.75, 3.05) is 0 Å². The highest BCUT2D eigenvalue weighted by atomic mass is 16.2. The zero-order valence-corrected chi connectivity index (χ0v) is 11.7. The molecule has 1 saturated carbocycles. The summed E-state index contributed by atoms with van der Waals surface area (Å²) in [5.41, 5.74) is -0.710. The van der Waals surface area contributed by atoms with Gasteiger partial charge in [-0.3, -0.25) is 9.59 Å². The van der Waals surface area contributed by atoms with E-state index >= 15 is 0 Å². The van der Waals surface area contributed by atoms with Crippen molar-refractivity contribution in [1.82, 2.24) is 10.2 Å². The topological polar surface area (TPSA) is 49.4 Å². The highest BCUT2D eigenvalue weighted by molar-refractivity contribution is 5.99. The zero-order valence-electron chi connectivity index (χ0n) is 11.7. The Morgan fingerprint density at radius 2 is 1.67 bits per heavy atom. The molecular weight excluding hydrogens is 228 g/mol. The van der Waals surface area contributed by atoms with Crippen LogP contribution in [0.25, 0.3) is 0 Å².